The van der Waals surface area contributed by atoms with Gasteiger partial charge < -0.3 is 9.72 Å². The fourth-order valence-corrected chi connectivity index (χ4v) is 2.11. The Morgan fingerprint density at radius 1 is 0.889 bits per heavy atom. The average Bonchev–Trinajstić information content (AvgIpc) is 2.89. The van der Waals surface area contributed by atoms with Crippen LogP contribution in [0.1, 0.15) is 5.56 Å². The molecule has 0 spiro atoms. The summed E-state index contributed by atoms with van der Waals surface area (Å²) in [6, 6.07) is 18.5. The van der Waals surface area contributed by atoms with Gasteiger partial charge in [-0.1, -0.05) is 36.4 Å². The van der Waals surface area contributed by atoms with Crippen molar-refractivity contribution >= 4 is 10.9 Å². The van der Waals surface area contributed by atoms with Crippen LogP contribution < -0.4 is 4.74 Å². The summed E-state index contributed by atoms with van der Waals surface area (Å²) in [5.41, 5.74) is 2.42. The van der Waals surface area contributed by atoms with Gasteiger partial charge in [0.2, 0.25) is 0 Å². The van der Waals surface area contributed by atoms with E-state index < -0.39 is 0 Å². The first kappa shape index (κ1) is 10.9. The molecule has 0 aliphatic rings. The van der Waals surface area contributed by atoms with Crippen molar-refractivity contribution in [3.8, 4) is 5.75 Å². The monoisotopic (exact) mass is 237 g/mol. The quantitative estimate of drug-likeness (QED) is 0.733. The zero-order chi connectivity index (χ0) is 12.2. The predicted molar refractivity (Wildman–Crippen MR) is 73.9 cm³/mol. The van der Waals surface area contributed by atoms with E-state index in [4.69, 9.17) is 4.74 Å². The minimum absolute atomic E-state index is 0.703. The van der Waals surface area contributed by atoms with E-state index in [0.717, 1.165) is 23.1 Å². The Morgan fingerprint density at radius 3 is 2.67 bits per heavy atom. The Labute approximate surface area is 106 Å². The van der Waals surface area contributed by atoms with Crippen molar-refractivity contribution in [2.45, 2.75) is 6.42 Å². The van der Waals surface area contributed by atoms with E-state index in [0.29, 0.717) is 6.61 Å². The van der Waals surface area contributed by atoms with Gasteiger partial charge in [0, 0.05) is 23.5 Å². The number of hydrogen-bond donors (Lipinski definition) is 1. The zero-order valence-corrected chi connectivity index (χ0v) is 10.1. The number of hydrogen-bond acceptors (Lipinski definition) is 1. The molecule has 18 heavy (non-hydrogen) atoms. The summed E-state index contributed by atoms with van der Waals surface area (Å²) in [5.74, 6) is 0.949. The molecule has 0 aliphatic heterocycles. The fourth-order valence-electron chi connectivity index (χ4n) is 2.11. The number of aromatic amines is 1. The molecule has 1 aromatic heterocycles. The second-order valence-corrected chi connectivity index (χ2v) is 4.28. The molecule has 0 unspecified atom stereocenters. The van der Waals surface area contributed by atoms with Crippen molar-refractivity contribution in [2.75, 3.05) is 6.61 Å². The highest BCUT2D eigenvalue weighted by Crippen LogP contribution is 2.24. The molecule has 2 aromatic carbocycles. The van der Waals surface area contributed by atoms with Crippen molar-refractivity contribution in [1.82, 2.24) is 4.98 Å². The maximum atomic E-state index is 5.86. The summed E-state index contributed by atoms with van der Waals surface area (Å²) < 4.78 is 5.86. The van der Waals surface area contributed by atoms with Crippen LogP contribution >= 0.6 is 0 Å². The molecule has 0 radical (unpaired) electrons. The third kappa shape index (κ3) is 2.23. The largest absolute Gasteiger partial charge is 0.493 e. The lowest BCUT2D eigenvalue weighted by molar-refractivity contribution is 0.326. The molecule has 1 N–H and O–H groups in total. The van der Waals surface area contributed by atoms with E-state index in [1.807, 2.05) is 30.5 Å². The Balaban J connectivity index is 1.68. The van der Waals surface area contributed by atoms with Gasteiger partial charge in [-0.2, -0.15) is 0 Å². The lowest BCUT2D eigenvalue weighted by atomic mass is 10.2. The van der Waals surface area contributed by atoms with Crippen LogP contribution in [0.3, 0.4) is 0 Å². The van der Waals surface area contributed by atoms with Gasteiger partial charge in [0.1, 0.15) is 5.75 Å². The highest BCUT2D eigenvalue weighted by atomic mass is 16.5. The van der Waals surface area contributed by atoms with Crippen molar-refractivity contribution in [2.24, 2.45) is 0 Å². The molecule has 0 atom stereocenters. The first-order valence-corrected chi connectivity index (χ1v) is 6.16. The van der Waals surface area contributed by atoms with Crippen LogP contribution in [0.5, 0.6) is 5.75 Å². The smallest absolute Gasteiger partial charge is 0.128 e. The highest BCUT2D eigenvalue weighted by molar-refractivity contribution is 5.85. The van der Waals surface area contributed by atoms with Gasteiger partial charge in [-0.25, -0.2) is 0 Å². The molecular formula is C16H15NO. The summed E-state index contributed by atoms with van der Waals surface area (Å²) in [6.45, 7) is 0.703. The third-order valence-corrected chi connectivity index (χ3v) is 3.05. The number of rotatable bonds is 4. The van der Waals surface area contributed by atoms with E-state index in [2.05, 4.69) is 35.3 Å². The molecule has 0 fully saturated rings. The molecule has 3 aromatic rings. The van der Waals surface area contributed by atoms with Crippen molar-refractivity contribution in [3.05, 3.63) is 66.4 Å². The van der Waals surface area contributed by atoms with Gasteiger partial charge in [-0.3, -0.25) is 0 Å². The van der Waals surface area contributed by atoms with Gasteiger partial charge >= 0.3 is 0 Å². The lowest BCUT2D eigenvalue weighted by Crippen LogP contribution is -2.01. The van der Waals surface area contributed by atoms with Crippen LogP contribution in [0.4, 0.5) is 0 Å². The van der Waals surface area contributed by atoms with Crippen LogP contribution in [0.15, 0.2) is 60.8 Å². The summed E-state index contributed by atoms with van der Waals surface area (Å²) in [5, 5.41) is 1.14. The molecule has 90 valence electrons. The molecule has 2 nitrogen and oxygen atoms in total. The number of nitrogens with one attached hydrogen (secondary N) is 1. The molecule has 2 heteroatoms. The van der Waals surface area contributed by atoms with Crippen LogP contribution in [-0.2, 0) is 6.42 Å². The Bertz CT molecular complexity index is 628. The van der Waals surface area contributed by atoms with Gasteiger partial charge in [-0.15, -0.1) is 0 Å². The van der Waals surface area contributed by atoms with Crippen LogP contribution in [-0.4, -0.2) is 11.6 Å². The first-order valence-electron chi connectivity index (χ1n) is 6.16. The second kappa shape index (κ2) is 4.96. The standard InChI is InChI=1S/C16H15NO/c1-2-5-13(6-3-1)10-12-18-16-8-4-7-15-14(16)9-11-17-15/h1-9,11,17H,10,12H2. The molecule has 0 amide bonds. The van der Waals surface area contributed by atoms with Gasteiger partial charge in [0.15, 0.2) is 0 Å². The van der Waals surface area contributed by atoms with Crippen molar-refractivity contribution in [3.63, 3.8) is 0 Å². The molecule has 0 aliphatic carbocycles. The molecule has 3 rings (SSSR count). The number of H-pyrrole nitrogens is 1. The van der Waals surface area contributed by atoms with Crippen molar-refractivity contribution in [1.29, 1.82) is 0 Å². The normalized spacial score (nSPS) is 10.7. The Hall–Kier alpha value is -2.22. The summed E-state index contributed by atoms with van der Waals surface area (Å²) in [7, 11) is 0. The summed E-state index contributed by atoms with van der Waals surface area (Å²) in [4.78, 5) is 3.19. The summed E-state index contributed by atoms with van der Waals surface area (Å²) >= 11 is 0. The first-order chi connectivity index (χ1) is 8.93. The zero-order valence-electron chi connectivity index (χ0n) is 10.1. The molecule has 1 heterocycles. The second-order valence-electron chi connectivity index (χ2n) is 4.28. The topological polar surface area (TPSA) is 25.0 Å². The highest BCUT2D eigenvalue weighted by Gasteiger charge is 2.02. The maximum Gasteiger partial charge on any atom is 0.128 e. The van der Waals surface area contributed by atoms with Crippen LogP contribution in [0.2, 0.25) is 0 Å². The van der Waals surface area contributed by atoms with E-state index in [-0.39, 0.29) is 0 Å². The molecule has 0 saturated carbocycles. The average molecular weight is 237 g/mol. The third-order valence-electron chi connectivity index (χ3n) is 3.05. The Morgan fingerprint density at radius 2 is 1.78 bits per heavy atom. The number of aromatic nitrogens is 1. The minimum Gasteiger partial charge on any atom is -0.493 e. The van der Waals surface area contributed by atoms with Gasteiger partial charge in [0.05, 0.1) is 6.61 Å². The molecular weight excluding hydrogens is 222 g/mol. The molecule has 0 bridgehead atoms. The number of fused-ring (bicyclic) bond motifs is 1. The van der Waals surface area contributed by atoms with E-state index in [1.54, 1.807) is 0 Å². The number of benzene rings is 2. The maximum absolute atomic E-state index is 5.86. The molecule has 0 saturated heterocycles. The minimum atomic E-state index is 0.703. The van der Waals surface area contributed by atoms with Crippen LogP contribution in [0, 0.1) is 0 Å². The Kier molecular flexibility index (Phi) is 3.01. The van der Waals surface area contributed by atoms with Gasteiger partial charge in [-0.05, 0) is 23.8 Å². The van der Waals surface area contributed by atoms with Crippen LogP contribution in [0.25, 0.3) is 10.9 Å². The van der Waals surface area contributed by atoms with Gasteiger partial charge in [0.25, 0.3) is 0 Å². The number of ether oxygens (including phenoxy) is 1. The van der Waals surface area contributed by atoms with E-state index >= 15 is 0 Å². The SMILES string of the molecule is c1ccc(CCOc2cccc3[nH]ccc23)cc1. The van der Waals surface area contributed by atoms with E-state index in [9.17, 15) is 0 Å². The van der Waals surface area contributed by atoms with E-state index in [1.165, 1.54) is 5.56 Å². The lowest BCUT2D eigenvalue weighted by Gasteiger charge is -2.07. The van der Waals surface area contributed by atoms with Crippen molar-refractivity contribution < 1.29 is 4.74 Å². The predicted octanol–water partition coefficient (Wildman–Crippen LogP) is 3.79. The summed E-state index contributed by atoms with van der Waals surface area (Å²) in [6.07, 6.45) is 2.87. The fraction of sp³-hybridized carbons (Fsp3) is 0.125.